The van der Waals surface area contributed by atoms with E-state index in [1.807, 2.05) is 0 Å². The molecule has 1 aliphatic rings. The molecule has 0 radical (unpaired) electrons. The van der Waals surface area contributed by atoms with Crippen molar-refractivity contribution < 1.29 is 14.3 Å². The number of likely N-dealkylation sites (tertiary alicyclic amines) is 1. The van der Waals surface area contributed by atoms with Gasteiger partial charge in [-0.05, 0) is 60.3 Å². The second-order valence-corrected chi connectivity index (χ2v) is 7.77. The van der Waals surface area contributed by atoms with Crippen molar-refractivity contribution >= 4 is 34.3 Å². The average molecular weight is 446 g/mol. The second kappa shape index (κ2) is 9.50. The Morgan fingerprint density at radius 1 is 1.33 bits per heavy atom. The number of aromatic amines is 1. The Bertz CT molecular complexity index is 1250. The van der Waals surface area contributed by atoms with Crippen LogP contribution in [0.25, 0.3) is 10.9 Å². The summed E-state index contributed by atoms with van der Waals surface area (Å²) in [5.41, 5.74) is 8.10. The highest BCUT2D eigenvalue weighted by molar-refractivity contribution is 5.91. The smallest absolute Gasteiger partial charge is 0.410 e. The summed E-state index contributed by atoms with van der Waals surface area (Å²) in [6, 6.07) is 12.3. The Morgan fingerprint density at radius 2 is 2.15 bits per heavy atom. The number of nitrogens with two attached hydrogens (primary N) is 1. The molecule has 3 aromatic rings. The van der Waals surface area contributed by atoms with Gasteiger partial charge in [-0.1, -0.05) is 12.1 Å². The molecule has 0 spiro atoms. The van der Waals surface area contributed by atoms with Crippen molar-refractivity contribution in [2.45, 2.75) is 31.3 Å². The largest absolute Gasteiger partial charge is 0.417 e. The molecule has 2 amide bonds. The van der Waals surface area contributed by atoms with Gasteiger partial charge in [0.05, 0.1) is 17.8 Å². The van der Waals surface area contributed by atoms with Crippen molar-refractivity contribution in [1.29, 1.82) is 5.26 Å². The molecule has 1 aromatic heterocycles. The Balaban J connectivity index is 1.47. The number of fused-ring (bicyclic) bond motifs is 1. The molecule has 0 bridgehead atoms. The first kappa shape index (κ1) is 22.0. The van der Waals surface area contributed by atoms with Crippen molar-refractivity contribution in [3.63, 3.8) is 0 Å². The number of nitrogens with zero attached hydrogens (tertiary/aromatic N) is 3. The maximum atomic E-state index is 12.7. The molecule has 10 nitrogen and oxygen atoms in total. The number of nitriles is 1. The number of anilines is 1. The van der Waals surface area contributed by atoms with Gasteiger partial charge in [-0.25, -0.2) is 4.79 Å². The summed E-state index contributed by atoms with van der Waals surface area (Å²) in [6.45, 7) is 0.536. The quantitative estimate of drug-likeness (QED) is 0.492. The number of hydrogen-bond acceptors (Lipinski definition) is 7. The van der Waals surface area contributed by atoms with Crippen LogP contribution in [-0.4, -0.2) is 40.5 Å². The van der Waals surface area contributed by atoms with Crippen molar-refractivity contribution in [2.75, 3.05) is 11.9 Å². The van der Waals surface area contributed by atoms with Crippen LogP contribution in [0.4, 0.5) is 16.2 Å². The molecule has 2 atom stereocenters. The van der Waals surface area contributed by atoms with E-state index < -0.39 is 18.2 Å². The lowest BCUT2D eigenvalue weighted by molar-refractivity contribution is -0.132. The first-order chi connectivity index (χ1) is 16.0. The third kappa shape index (κ3) is 4.68. The Morgan fingerprint density at radius 3 is 2.94 bits per heavy atom. The summed E-state index contributed by atoms with van der Waals surface area (Å²) < 4.78 is 5.36. The van der Waals surface area contributed by atoms with Crippen LogP contribution in [0, 0.1) is 16.2 Å². The summed E-state index contributed by atoms with van der Waals surface area (Å²) in [5.74, 6) is 0.0315. The minimum Gasteiger partial charge on any atom is -0.410 e. The fourth-order valence-corrected chi connectivity index (χ4v) is 3.99. The van der Waals surface area contributed by atoms with E-state index in [1.165, 1.54) is 6.07 Å². The number of carbonyl (C=O) groups is 2. The minimum atomic E-state index is -0.793. The highest BCUT2D eigenvalue weighted by atomic mass is 16.6. The molecule has 2 unspecified atom stereocenters. The molecule has 1 aliphatic heterocycles. The van der Waals surface area contributed by atoms with E-state index in [4.69, 9.17) is 10.5 Å². The van der Waals surface area contributed by atoms with E-state index in [9.17, 15) is 19.8 Å². The fourth-order valence-electron chi connectivity index (χ4n) is 3.99. The summed E-state index contributed by atoms with van der Waals surface area (Å²) >= 11 is 0. The van der Waals surface area contributed by atoms with Gasteiger partial charge in [0.25, 0.3) is 0 Å². The summed E-state index contributed by atoms with van der Waals surface area (Å²) in [4.78, 5) is 40.6. The molecular formula is C23H22N6O4. The van der Waals surface area contributed by atoms with Gasteiger partial charge in [0, 0.05) is 23.6 Å². The molecule has 4 rings (SSSR count). The number of hydrogen-bond donors (Lipinski definition) is 3. The molecule has 168 valence electrons. The van der Waals surface area contributed by atoms with E-state index in [2.05, 4.69) is 21.5 Å². The monoisotopic (exact) mass is 446 g/mol. The third-order valence-electron chi connectivity index (χ3n) is 5.63. The predicted octanol–water partition coefficient (Wildman–Crippen LogP) is 3.56. The number of aromatic nitrogens is 1. The second-order valence-electron chi connectivity index (χ2n) is 7.77. The number of ether oxygens (including phenoxy) is 1. The number of rotatable bonds is 6. The molecule has 0 saturated carbocycles. The van der Waals surface area contributed by atoms with Gasteiger partial charge in [0.2, 0.25) is 5.91 Å². The first-order valence-corrected chi connectivity index (χ1v) is 10.5. The normalized spacial score (nSPS) is 16.2. The topological polar surface area (TPSA) is 154 Å². The number of carbonyl (C=O) groups excluding carboxylic acids is 2. The number of para-hydroxylation sites is 1. The number of H-pyrrole nitrogens is 1. The standard InChI is InChI=1S/C23H22N6O4/c24-12-15-4-3-9-29(15)22(30)18(25)10-14-13-26-19-8-7-16(11-17(14)19)33-23(31)27-20-5-1-2-6-21(20)28-32/h1-2,5-8,11,13,15,18,26H,3-4,9-10,25H2,(H,27,31). The average Bonchev–Trinajstić information content (AvgIpc) is 3.46. The highest BCUT2D eigenvalue weighted by Gasteiger charge is 2.31. The van der Waals surface area contributed by atoms with Crippen LogP contribution >= 0.6 is 0 Å². The van der Waals surface area contributed by atoms with Crippen molar-refractivity contribution in [3.8, 4) is 11.8 Å². The zero-order valence-electron chi connectivity index (χ0n) is 17.7. The van der Waals surface area contributed by atoms with Crippen LogP contribution in [0.15, 0.2) is 53.8 Å². The number of nitroso groups, excluding NO2 is 1. The third-order valence-corrected chi connectivity index (χ3v) is 5.63. The van der Waals surface area contributed by atoms with Crippen LogP contribution in [-0.2, 0) is 11.2 Å². The van der Waals surface area contributed by atoms with Gasteiger partial charge in [0.1, 0.15) is 17.5 Å². The highest BCUT2D eigenvalue weighted by Crippen LogP contribution is 2.27. The van der Waals surface area contributed by atoms with Gasteiger partial charge < -0.3 is 20.4 Å². The summed E-state index contributed by atoms with van der Waals surface area (Å²) in [5, 5.41) is 15.4. The number of benzene rings is 2. The van der Waals surface area contributed by atoms with E-state index in [1.54, 1.807) is 47.5 Å². The molecule has 10 heteroatoms. The van der Waals surface area contributed by atoms with Gasteiger partial charge in [0.15, 0.2) is 0 Å². The molecule has 0 aliphatic carbocycles. The van der Waals surface area contributed by atoms with E-state index in [0.29, 0.717) is 13.0 Å². The molecule has 2 heterocycles. The number of amides is 2. The molecule has 1 saturated heterocycles. The zero-order chi connectivity index (χ0) is 23.4. The fraction of sp³-hybridized carbons (Fsp3) is 0.261. The van der Waals surface area contributed by atoms with E-state index >= 15 is 0 Å². The first-order valence-electron chi connectivity index (χ1n) is 10.5. The molecule has 2 aromatic carbocycles. The van der Waals surface area contributed by atoms with Crippen LogP contribution in [0.2, 0.25) is 0 Å². The molecule has 1 fully saturated rings. The van der Waals surface area contributed by atoms with Crippen LogP contribution in [0.3, 0.4) is 0 Å². The van der Waals surface area contributed by atoms with Crippen LogP contribution in [0.5, 0.6) is 5.75 Å². The van der Waals surface area contributed by atoms with Gasteiger partial charge >= 0.3 is 6.09 Å². The maximum Gasteiger partial charge on any atom is 0.417 e. The van der Waals surface area contributed by atoms with E-state index in [0.717, 1.165) is 22.9 Å². The lowest BCUT2D eigenvalue weighted by Gasteiger charge is -2.23. The lowest BCUT2D eigenvalue weighted by atomic mass is 10.0. The molecule has 4 N–H and O–H groups in total. The summed E-state index contributed by atoms with van der Waals surface area (Å²) in [6.07, 6.45) is 2.71. The van der Waals surface area contributed by atoms with E-state index in [-0.39, 0.29) is 29.5 Å². The minimum absolute atomic E-state index is 0.0908. The van der Waals surface area contributed by atoms with Crippen molar-refractivity contribution in [3.05, 3.63) is 59.1 Å². The van der Waals surface area contributed by atoms with Crippen molar-refractivity contribution in [2.24, 2.45) is 10.9 Å². The zero-order valence-corrected chi connectivity index (χ0v) is 17.7. The predicted molar refractivity (Wildman–Crippen MR) is 122 cm³/mol. The molecule has 33 heavy (non-hydrogen) atoms. The summed E-state index contributed by atoms with van der Waals surface area (Å²) in [7, 11) is 0. The Hall–Kier alpha value is -4.23. The van der Waals surface area contributed by atoms with Gasteiger partial charge in [-0.3, -0.25) is 10.1 Å². The molecular weight excluding hydrogens is 424 g/mol. The lowest BCUT2D eigenvalue weighted by Crippen LogP contribution is -2.46. The maximum absolute atomic E-state index is 12.7. The van der Waals surface area contributed by atoms with Gasteiger partial charge in [-0.2, -0.15) is 5.26 Å². The van der Waals surface area contributed by atoms with Crippen LogP contribution < -0.4 is 15.8 Å². The Kier molecular flexibility index (Phi) is 6.33. The number of nitrogens with one attached hydrogen (secondary N) is 2. The van der Waals surface area contributed by atoms with Crippen molar-refractivity contribution in [1.82, 2.24) is 9.88 Å². The van der Waals surface area contributed by atoms with Gasteiger partial charge in [-0.15, -0.1) is 4.91 Å². The van der Waals surface area contributed by atoms with Crippen LogP contribution in [0.1, 0.15) is 18.4 Å². The Labute approximate surface area is 189 Å². The SMILES string of the molecule is N#CC1CCCN1C(=O)C(N)Cc1c[nH]c2ccc(OC(=O)Nc3ccccc3N=O)cc12.